The molecule has 5 nitrogen and oxygen atoms in total. The molecular weight excluding hydrogens is 467 g/mol. The molecule has 0 saturated heterocycles. The number of halogens is 3. The first-order valence-electron chi connectivity index (χ1n) is 8.77. The van der Waals surface area contributed by atoms with Crippen molar-refractivity contribution in [2.45, 2.75) is 11.8 Å². The molecule has 0 atom stereocenters. The summed E-state index contributed by atoms with van der Waals surface area (Å²) in [6.45, 7) is 1.34. The summed E-state index contributed by atoms with van der Waals surface area (Å²) in [5.74, 6) is -0.536. The summed E-state index contributed by atoms with van der Waals surface area (Å²) in [6.07, 6.45) is 0. The molecule has 0 aliphatic heterocycles. The van der Waals surface area contributed by atoms with E-state index in [4.69, 9.17) is 34.8 Å². The van der Waals surface area contributed by atoms with Crippen molar-refractivity contribution in [1.29, 1.82) is 0 Å². The van der Waals surface area contributed by atoms with Crippen molar-refractivity contribution >= 4 is 62.1 Å². The number of carbonyl (C=O) groups is 1. The Morgan fingerprint density at radius 1 is 0.933 bits per heavy atom. The van der Waals surface area contributed by atoms with Gasteiger partial charge in [-0.2, -0.15) is 0 Å². The Balaban J connectivity index is 1.98. The lowest BCUT2D eigenvalue weighted by Crippen LogP contribution is -2.38. The Kier molecular flexibility index (Phi) is 6.93. The Labute approximate surface area is 190 Å². The molecule has 3 rings (SSSR count). The number of aryl methyl sites for hydroxylation is 1. The number of sulfonamides is 1. The van der Waals surface area contributed by atoms with Crippen molar-refractivity contribution in [3.05, 3.63) is 87.4 Å². The highest BCUT2D eigenvalue weighted by Gasteiger charge is 2.27. The third kappa shape index (κ3) is 5.08. The van der Waals surface area contributed by atoms with Gasteiger partial charge in [0.25, 0.3) is 10.0 Å². The summed E-state index contributed by atoms with van der Waals surface area (Å²) >= 11 is 18.1. The van der Waals surface area contributed by atoms with Gasteiger partial charge >= 0.3 is 0 Å². The molecular formula is C21H17Cl3N2O3S. The lowest BCUT2D eigenvalue weighted by Gasteiger charge is -2.24. The van der Waals surface area contributed by atoms with Gasteiger partial charge in [0.1, 0.15) is 6.54 Å². The number of nitrogens with zero attached hydrogens (tertiary/aromatic N) is 1. The van der Waals surface area contributed by atoms with E-state index in [1.165, 1.54) is 30.3 Å². The van der Waals surface area contributed by atoms with Crippen LogP contribution in [0.1, 0.15) is 5.56 Å². The van der Waals surface area contributed by atoms with E-state index in [2.05, 4.69) is 5.32 Å². The van der Waals surface area contributed by atoms with E-state index in [1.807, 2.05) is 6.92 Å². The first-order chi connectivity index (χ1) is 14.2. The van der Waals surface area contributed by atoms with Gasteiger partial charge in [-0.1, -0.05) is 59.1 Å². The number of benzene rings is 3. The molecule has 0 fully saturated rings. The van der Waals surface area contributed by atoms with Crippen molar-refractivity contribution in [3.8, 4) is 0 Å². The first-order valence-corrected chi connectivity index (χ1v) is 11.3. The SMILES string of the molecule is Cc1ccc(Cl)cc1NC(=O)CN(c1ccc(Cl)c(Cl)c1)S(=O)(=O)c1ccccc1. The molecule has 0 spiro atoms. The number of hydrogen-bond donors (Lipinski definition) is 1. The standard InChI is InChI=1S/C21H17Cl3N2O3S/c1-14-7-8-15(22)11-20(14)25-21(27)13-26(16-9-10-18(23)19(24)12-16)30(28,29)17-5-3-2-4-6-17/h2-12H,13H2,1H3,(H,25,27). The van der Waals surface area contributed by atoms with E-state index in [1.54, 1.807) is 36.4 Å². The number of anilines is 2. The first kappa shape index (κ1) is 22.4. The smallest absolute Gasteiger partial charge is 0.264 e. The minimum atomic E-state index is -4.04. The molecule has 0 heterocycles. The maximum Gasteiger partial charge on any atom is 0.264 e. The third-order valence-corrected chi connectivity index (χ3v) is 7.05. The molecule has 1 amide bonds. The van der Waals surface area contributed by atoms with Gasteiger partial charge in [0.15, 0.2) is 0 Å². The Bertz CT molecular complexity index is 1190. The van der Waals surface area contributed by atoms with Crippen LogP contribution in [-0.4, -0.2) is 20.9 Å². The molecule has 0 aromatic heterocycles. The van der Waals surface area contributed by atoms with Crippen LogP contribution in [0.4, 0.5) is 11.4 Å². The zero-order valence-electron chi connectivity index (χ0n) is 15.8. The molecule has 0 bridgehead atoms. The van der Waals surface area contributed by atoms with Crippen molar-refractivity contribution in [1.82, 2.24) is 0 Å². The molecule has 9 heteroatoms. The van der Waals surface area contributed by atoms with Gasteiger partial charge in [-0.15, -0.1) is 0 Å². The maximum absolute atomic E-state index is 13.3. The van der Waals surface area contributed by atoms with E-state index < -0.39 is 22.5 Å². The quantitative estimate of drug-likeness (QED) is 0.482. The second-order valence-electron chi connectivity index (χ2n) is 6.43. The molecule has 3 aromatic carbocycles. The van der Waals surface area contributed by atoms with Gasteiger partial charge in [-0.3, -0.25) is 9.10 Å². The van der Waals surface area contributed by atoms with Crippen LogP contribution in [-0.2, 0) is 14.8 Å². The van der Waals surface area contributed by atoms with Gasteiger partial charge in [0.05, 0.1) is 20.6 Å². The average Bonchev–Trinajstić information content (AvgIpc) is 2.71. The number of hydrogen-bond acceptors (Lipinski definition) is 3. The maximum atomic E-state index is 13.3. The fourth-order valence-electron chi connectivity index (χ4n) is 2.72. The van der Waals surface area contributed by atoms with Gasteiger partial charge in [0.2, 0.25) is 5.91 Å². The minimum absolute atomic E-state index is 0.0443. The zero-order chi connectivity index (χ0) is 21.9. The van der Waals surface area contributed by atoms with Crippen LogP contribution in [0.5, 0.6) is 0 Å². The fourth-order valence-corrected chi connectivity index (χ4v) is 4.62. The highest BCUT2D eigenvalue weighted by Crippen LogP contribution is 2.30. The van der Waals surface area contributed by atoms with Gasteiger partial charge in [-0.25, -0.2) is 8.42 Å². The van der Waals surface area contributed by atoms with Crippen molar-refractivity contribution < 1.29 is 13.2 Å². The van der Waals surface area contributed by atoms with Crippen LogP contribution in [0.2, 0.25) is 15.1 Å². The van der Waals surface area contributed by atoms with Crippen LogP contribution in [0.25, 0.3) is 0 Å². The van der Waals surface area contributed by atoms with Crippen LogP contribution in [0, 0.1) is 6.92 Å². The summed E-state index contributed by atoms with van der Waals surface area (Å²) in [5.41, 5.74) is 1.50. The van der Waals surface area contributed by atoms with Crippen molar-refractivity contribution in [2.24, 2.45) is 0 Å². The largest absolute Gasteiger partial charge is 0.324 e. The van der Waals surface area contributed by atoms with Crippen molar-refractivity contribution in [3.63, 3.8) is 0 Å². The molecule has 156 valence electrons. The number of nitrogens with one attached hydrogen (secondary N) is 1. The topological polar surface area (TPSA) is 66.5 Å². The summed E-state index contributed by atoms with van der Waals surface area (Å²) in [7, 11) is -4.04. The molecule has 1 N–H and O–H groups in total. The summed E-state index contributed by atoms with van der Waals surface area (Å²) in [5, 5.41) is 3.61. The van der Waals surface area contributed by atoms with Gasteiger partial charge < -0.3 is 5.32 Å². The van der Waals surface area contributed by atoms with Gasteiger partial charge in [0, 0.05) is 10.7 Å². The normalized spacial score (nSPS) is 11.2. The van der Waals surface area contributed by atoms with E-state index in [-0.39, 0.29) is 20.6 Å². The van der Waals surface area contributed by atoms with Gasteiger partial charge in [-0.05, 0) is 55.0 Å². The molecule has 0 saturated carbocycles. The van der Waals surface area contributed by atoms with Crippen LogP contribution >= 0.6 is 34.8 Å². The predicted molar refractivity (Wildman–Crippen MR) is 122 cm³/mol. The fraction of sp³-hybridized carbons (Fsp3) is 0.0952. The number of amides is 1. The lowest BCUT2D eigenvalue weighted by molar-refractivity contribution is -0.114. The molecule has 0 unspecified atom stereocenters. The molecule has 30 heavy (non-hydrogen) atoms. The number of carbonyl (C=O) groups excluding carboxylic acids is 1. The Morgan fingerprint density at radius 3 is 2.30 bits per heavy atom. The minimum Gasteiger partial charge on any atom is -0.324 e. The Morgan fingerprint density at radius 2 is 1.63 bits per heavy atom. The molecule has 3 aromatic rings. The second-order valence-corrected chi connectivity index (χ2v) is 9.54. The van der Waals surface area contributed by atoms with E-state index in [0.29, 0.717) is 10.7 Å². The summed E-state index contributed by atoms with van der Waals surface area (Å²) in [4.78, 5) is 12.8. The van der Waals surface area contributed by atoms with E-state index in [0.717, 1.165) is 9.87 Å². The second kappa shape index (κ2) is 9.27. The monoisotopic (exact) mass is 482 g/mol. The van der Waals surface area contributed by atoms with E-state index in [9.17, 15) is 13.2 Å². The number of rotatable bonds is 6. The average molecular weight is 484 g/mol. The highest BCUT2D eigenvalue weighted by molar-refractivity contribution is 7.92. The lowest BCUT2D eigenvalue weighted by atomic mass is 10.2. The van der Waals surface area contributed by atoms with E-state index >= 15 is 0 Å². The Hall–Kier alpha value is -2.25. The molecule has 0 aliphatic carbocycles. The highest BCUT2D eigenvalue weighted by atomic mass is 35.5. The summed E-state index contributed by atoms with van der Waals surface area (Å²) in [6, 6.07) is 17.3. The van der Waals surface area contributed by atoms with Crippen molar-refractivity contribution in [2.75, 3.05) is 16.2 Å². The van der Waals surface area contributed by atoms with Crippen LogP contribution in [0.3, 0.4) is 0 Å². The predicted octanol–water partition coefficient (Wildman–Crippen LogP) is 5.79. The third-order valence-electron chi connectivity index (χ3n) is 4.28. The molecule has 0 radical (unpaired) electrons. The zero-order valence-corrected chi connectivity index (χ0v) is 18.9. The van der Waals surface area contributed by atoms with Crippen LogP contribution < -0.4 is 9.62 Å². The molecule has 0 aliphatic rings. The van der Waals surface area contributed by atoms with Crippen LogP contribution in [0.15, 0.2) is 71.6 Å². The summed E-state index contributed by atoms with van der Waals surface area (Å²) < 4.78 is 27.6.